The van der Waals surface area contributed by atoms with Crippen LogP contribution in [0.15, 0.2) is 34.8 Å². The summed E-state index contributed by atoms with van der Waals surface area (Å²) in [5, 5.41) is 4.26. The van der Waals surface area contributed by atoms with E-state index in [4.69, 9.17) is 23.2 Å². The Morgan fingerprint density at radius 3 is 2.68 bits per heavy atom. The van der Waals surface area contributed by atoms with Gasteiger partial charge in [-0.1, -0.05) is 42.3 Å². The molecule has 0 spiro atoms. The van der Waals surface area contributed by atoms with E-state index in [0.29, 0.717) is 0 Å². The average molecular weight is 379 g/mol. The molecule has 0 saturated heterocycles. The molecule has 1 N–H and O–H groups in total. The first-order chi connectivity index (χ1) is 9.11. The SMILES string of the molecule is CCNC(Cc1ccc(Cl)s1)c1cccc(Br)c1Cl. The van der Waals surface area contributed by atoms with Crippen molar-refractivity contribution in [2.45, 2.75) is 19.4 Å². The van der Waals surface area contributed by atoms with Crippen molar-refractivity contribution >= 4 is 50.5 Å². The van der Waals surface area contributed by atoms with Crippen LogP contribution in [0.25, 0.3) is 0 Å². The Hall–Kier alpha value is -0.0600. The minimum absolute atomic E-state index is 0.199. The van der Waals surface area contributed by atoms with Gasteiger partial charge in [0.25, 0.3) is 0 Å². The third kappa shape index (κ3) is 3.96. The molecule has 1 aromatic carbocycles. The van der Waals surface area contributed by atoms with Crippen LogP contribution in [-0.2, 0) is 6.42 Å². The van der Waals surface area contributed by atoms with Gasteiger partial charge < -0.3 is 5.32 Å². The van der Waals surface area contributed by atoms with Crippen LogP contribution < -0.4 is 5.32 Å². The Morgan fingerprint density at radius 1 is 1.26 bits per heavy atom. The fourth-order valence-corrected chi connectivity index (χ4v) is 3.76. The van der Waals surface area contributed by atoms with Crippen LogP contribution in [0.4, 0.5) is 0 Å². The standard InChI is InChI=1S/C14H14BrCl2NS/c1-2-18-12(8-9-6-7-13(16)19-9)10-4-3-5-11(15)14(10)17/h3-7,12,18H,2,8H2,1H3. The third-order valence-corrected chi connectivity index (χ3v) is 5.41. The molecular weight excluding hydrogens is 365 g/mol. The highest BCUT2D eigenvalue weighted by atomic mass is 79.9. The van der Waals surface area contributed by atoms with Crippen LogP contribution in [-0.4, -0.2) is 6.54 Å². The molecule has 0 fully saturated rings. The Bertz CT molecular complexity index is 556. The number of halogens is 3. The van der Waals surface area contributed by atoms with Crippen molar-refractivity contribution in [1.82, 2.24) is 5.32 Å². The molecule has 0 saturated carbocycles. The van der Waals surface area contributed by atoms with E-state index in [2.05, 4.69) is 40.3 Å². The van der Waals surface area contributed by atoms with Crippen molar-refractivity contribution in [3.8, 4) is 0 Å². The summed E-state index contributed by atoms with van der Waals surface area (Å²) in [6.45, 7) is 2.99. The van der Waals surface area contributed by atoms with E-state index in [1.54, 1.807) is 11.3 Å². The van der Waals surface area contributed by atoms with Crippen molar-refractivity contribution in [3.63, 3.8) is 0 Å². The predicted molar refractivity (Wildman–Crippen MR) is 88.6 cm³/mol. The van der Waals surface area contributed by atoms with Crippen LogP contribution >= 0.6 is 50.5 Å². The van der Waals surface area contributed by atoms with E-state index in [0.717, 1.165) is 32.4 Å². The van der Waals surface area contributed by atoms with Gasteiger partial charge in [-0.25, -0.2) is 0 Å². The van der Waals surface area contributed by atoms with E-state index in [1.807, 2.05) is 18.2 Å². The third-order valence-electron chi connectivity index (χ3n) is 2.84. The van der Waals surface area contributed by atoms with Gasteiger partial charge in [0.15, 0.2) is 0 Å². The molecule has 0 bridgehead atoms. The van der Waals surface area contributed by atoms with Gasteiger partial charge in [-0.05, 0) is 46.2 Å². The molecule has 1 atom stereocenters. The largest absolute Gasteiger partial charge is 0.310 e. The summed E-state index contributed by atoms with van der Waals surface area (Å²) in [7, 11) is 0. The van der Waals surface area contributed by atoms with Gasteiger partial charge in [0.2, 0.25) is 0 Å². The summed E-state index contributed by atoms with van der Waals surface area (Å²) in [5.41, 5.74) is 1.11. The number of nitrogens with one attached hydrogen (secondary N) is 1. The molecule has 1 unspecified atom stereocenters. The molecule has 0 aliphatic heterocycles. The van der Waals surface area contributed by atoms with Gasteiger partial charge in [-0.15, -0.1) is 11.3 Å². The Morgan fingerprint density at radius 2 is 2.05 bits per heavy atom. The highest BCUT2D eigenvalue weighted by molar-refractivity contribution is 9.10. The maximum atomic E-state index is 6.39. The first-order valence-electron chi connectivity index (χ1n) is 6.03. The van der Waals surface area contributed by atoms with Gasteiger partial charge in [0, 0.05) is 21.8 Å². The molecule has 0 aliphatic carbocycles. The second-order valence-electron chi connectivity index (χ2n) is 4.16. The number of benzene rings is 1. The second kappa shape index (κ2) is 7.09. The fourth-order valence-electron chi connectivity index (χ4n) is 1.99. The highest BCUT2D eigenvalue weighted by Gasteiger charge is 2.16. The minimum atomic E-state index is 0.199. The van der Waals surface area contributed by atoms with Crippen molar-refractivity contribution in [2.75, 3.05) is 6.54 Å². The zero-order valence-electron chi connectivity index (χ0n) is 10.4. The number of likely N-dealkylation sites (N-methyl/N-ethyl adjacent to an activating group) is 1. The maximum absolute atomic E-state index is 6.39. The Labute approximate surface area is 136 Å². The summed E-state index contributed by atoms with van der Waals surface area (Å²) >= 11 is 17.5. The van der Waals surface area contributed by atoms with Gasteiger partial charge in [0.05, 0.1) is 9.36 Å². The first kappa shape index (κ1) is 15.3. The Kier molecular flexibility index (Phi) is 5.72. The van der Waals surface area contributed by atoms with Crippen LogP contribution in [0, 0.1) is 0 Å². The van der Waals surface area contributed by atoms with E-state index in [-0.39, 0.29) is 6.04 Å². The fraction of sp³-hybridized carbons (Fsp3) is 0.286. The lowest BCUT2D eigenvalue weighted by Crippen LogP contribution is -2.23. The predicted octanol–water partition coefficient (Wildman–Crippen LogP) is 5.71. The lowest BCUT2D eigenvalue weighted by atomic mass is 10.0. The summed E-state index contributed by atoms with van der Waals surface area (Å²) in [6, 6.07) is 10.2. The Balaban J connectivity index is 2.26. The molecule has 102 valence electrons. The number of thiophene rings is 1. The van der Waals surface area contributed by atoms with Crippen LogP contribution in [0.5, 0.6) is 0 Å². The van der Waals surface area contributed by atoms with Crippen LogP contribution in [0.2, 0.25) is 9.36 Å². The molecule has 1 heterocycles. The van der Waals surface area contributed by atoms with Gasteiger partial charge in [0.1, 0.15) is 0 Å². The molecular formula is C14H14BrCl2NS. The molecule has 2 aromatic rings. The maximum Gasteiger partial charge on any atom is 0.0931 e. The van der Waals surface area contributed by atoms with E-state index < -0.39 is 0 Å². The smallest absolute Gasteiger partial charge is 0.0931 e. The monoisotopic (exact) mass is 377 g/mol. The van der Waals surface area contributed by atoms with Crippen molar-refractivity contribution < 1.29 is 0 Å². The topological polar surface area (TPSA) is 12.0 Å². The van der Waals surface area contributed by atoms with E-state index in [9.17, 15) is 0 Å². The molecule has 0 amide bonds. The highest BCUT2D eigenvalue weighted by Crippen LogP contribution is 2.33. The summed E-state index contributed by atoms with van der Waals surface area (Å²) in [5.74, 6) is 0. The van der Waals surface area contributed by atoms with E-state index >= 15 is 0 Å². The van der Waals surface area contributed by atoms with Crippen LogP contribution in [0.1, 0.15) is 23.4 Å². The number of rotatable bonds is 5. The summed E-state index contributed by atoms with van der Waals surface area (Å²) < 4.78 is 1.75. The van der Waals surface area contributed by atoms with Crippen molar-refractivity contribution in [2.24, 2.45) is 0 Å². The van der Waals surface area contributed by atoms with Gasteiger partial charge in [-0.3, -0.25) is 0 Å². The lowest BCUT2D eigenvalue weighted by Gasteiger charge is -2.19. The first-order valence-corrected chi connectivity index (χ1v) is 8.40. The number of hydrogen-bond acceptors (Lipinski definition) is 2. The molecule has 1 nitrogen and oxygen atoms in total. The molecule has 19 heavy (non-hydrogen) atoms. The summed E-state index contributed by atoms with van der Waals surface area (Å²) in [6.07, 6.45) is 0.890. The van der Waals surface area contributed by atoms with Crippen LogP contribution in [0.3, 0.4) is 0 Å². The second-order valence-corrected chi connectivity index (χ2v) is 7.20. The minimum Gasteiger partial charge on any atom is -0.310 e. The van der Waals surface area contributed by atoms with Crippen molar-refractivity contribution in [3.05, 3.63) is 54.6 Å². The molecule has 2 rings (SSSR count). The molecule has 0 radical (unpaired) electrons. The normalized spacial score (nSPS) is 12.6. The quantitative estimate of drug-likeness (QED) is 0.702. The zero-order valence-corrected chi connectivity index (χ0v) is 14.3. The molecule has 5 heteroatoms. The number of hydrogen-bond donors (Lipinski definition) is 1. The zero-order chi connectivity index (χ0) is 13.8. The summed E-state index contributed by atoms with van der Waals surface area (Å²) in [4.78, 5) is 1.26. The average Bonchev–Trinajstić information content (AvgIpc) is 2.78. The van der Waals surface area contributed by atoms with Gasteiger partial charge >= 0.3 is 0 Å². The molecule has 0 aliphatic rings. The lowest BCUT2D eigenvalue weighted by molar-refractivity contribution is 0.553. The van der Waals surface area contributed by atoms with Crippen molar-refractivity contribution in [1.29, 1.82) is 0 Å². The van der Waals surface area contributed by atoms with Gasteiger partial charge in [-0.2, -0.15) is 0 Å². The van der Waals surface area contributed by atoms with E-state index in [1.165, 1.54) is 4.88 Å². The molecule has 1 aromatic heterocycles.